The van der Waals surface area contributed by atoms with Crippen molar-refractivity contribution in [3.05, 3.63) is 63.1 Å². The Hall–Kier alpha value is -1.51. The molecular formula is C14H11Cl2NO. The smallest absolute Gasteiger partial charge is 0.194 e. The van der Waals surface area contributed by atoms with E-state index in [0.717, 1.165) is 5.56 Å². The van der Waals surface area contributed by atoms with Crippen molar-refractivity contribution >= 4 is 34.7 Å². The van der Waals surface area contributed by atoms with Gasteiger partial charge in [0.15, 0.2) is 5.78 Å². The van der Waals surface area contributed by atoms with E-state index in [9.17, 15) is 4.79 Å². The van der Waals surface area contributed by atoms with Crippen LogP contribution >= 0.6 is 23.2 Å². The third-order valence-electron chi connectivity index (χ3n) is 2.54. The van der Waals surface area contributed by atoms with Gasteiger partial charge in [-0.1, -0.05) is 23.2 Å². The molecule has 0 amide bonds. The van der Waals surface area contributed by atoms with Crippen molar-refractivity contribution in [3.8, 4) is 0 Å². The van der Waals surface area contributed by atoms with Crippen LogP contribution in [0.2, 0.25) is 10.0 Å². The summed E-state index contributed by atoms with van der Waals surface area (Å²) in [6.07, 6.45) is 0. The third-order valence-corrected chi connectivity index (χ3v) is 3.07. The van der Waals surface area contributed by atoms with Crippen LogP contribution in [0.1, 0.15) is 21.5 Å². The van der Waals surface area contributed by atoms with Gasteiger partial charge in [-0.25, -0.2) is 0 Å². The number of aryl methyl sites for hydroxylation is 1. The predicted octanol–water partition coefficient (Wildman–Crippen LogP) is 4.12. The highest BCUT2D eigenvalue weighted by Crippen LogP contribution is 2.24. The Kier molecular flexibility index (Phi) is 3.60. The summed E-state index contributed by atoms with van der Waals surface area (Å²) >= 11 is 12.0. The summed E-state index contributed by atoms with van der Waals surface area (Å²) in [7, 11) is 0. The number of nitrogen functional groups attached to an aromatic ring is 1. The number of hydrogen-bond donors (Lipinski definition) is 1. The lowest BCUT2D eigenvalue weighted by molar-refractivity contribution is 0.103. The lowest BCUT2D eigenvalue weighted by Crippen LogP contribution is -2.03. The maximum absolute atomic E-state index is 12.3. The summed E-state index contributed by atoms with van der Waals surface area (Å²) in [5.41, 5.74) is 8.00. The van der Waals surface area contributed by atoms with Crippen molar-refractivity contribution < 1.29 is 4.79 Å². The van der Waals surface area contributed by atoms with E-state index in [1.165, 1.54) is 0 Å². The SMILES string of the molecule is Cc1cc(Cl)cc(C(=O)c2ccc(N)cc2Cl)c1. The van der Waals surface area contributed by atoms with Gasteiger partial charge >= 0.3 is 0 Å². The van der Waals surface area contributed by atoms with Crippen LogP contribution in [0.3, 0.4) is 0 Å². The summed E-state index contributed by atoms with van der Waals surface area (Å²) in [5.74, 6) is -0.161. The molecule has 0 bridgehead atoms. The van der Waals surface area contributed by atoms with E-state index in [1.807, 2.05) is 6.92 Å². The monoisotopic (exact) mass is 279 g/mol. The van der Waals surface area contributed by atoms with E-state index >= 15 is 0 Å². The summed E-state index contributed by atoms with van der Waals surface area (Å²) in [5, 5.41) is 0.877. The molecule has 92 valence electrons. The Morgan fingerprint density at radius 1 is 1.11 bits per heavy atom. The minimum atomic E-state index is -0.161. The molecule has 0 aliphatic carbocycles. The molecule has 2 N–H and O–H groups in total. The van der Waals surface area contributed by atoms with Crippen LogP contribution in [0.4, 0.5) is 5.69 Å². The zero-order valence-electron chi connectivity index (χ0n) is 9.71. The highest BCUT2D eigenvalue weighted by Gasteiger charge is 2.13. The first-order valence-electron chi connectivity index (χ1n) is 5.34. The van der Waals surface area contributed by atoms with Crippen LogP contribution in [0.5, 0.6) is 0 Å². The first kappa shape index (κ1) is 12.9. The number of carbonyl (C=O) groups is 1. The Morgan fingerprint density at radius 3 is 2.44 bits per heavy atom. The third kappa shape index (κ3) is 2.66. The molecule has 2 aromatic carbocycles. The molecule has 0 aromatic heterocycles. The van der Waals surface area contributed by atoms with E-state index in [-0.39, 0.29) is 5.78 Å². The molecule has 0 saturated carbocycles. The van der Waals surface area contributed by atoms with Gasteiger partial charge in [-0.2, -0.15) is 0 Å². The summed E-state index contributed by atoms with van der Waals surface area (Å²) < 4.78 is 0. The number of rotatable bonds is 2. The molecule has 0 atom stereocenters. The zero-order valence-corrected chi connectivity index (χ0v) is 11.2. The van der Waals surface area contributed by atoms with Gasteiger partial charge in [0, 0.05) is 21.8 Å². The molecule has 0 spiro atoms. The van der Waals surface area contributed by atoms with Gasteiger partial charge in [0.2, 0.25) is 0 Å². The number of anilines is 1. The molecule has 2 nitrogen and oxygen atoms in total. The molecule has 0 radical (unpaired) electrons. The molecule has 0 fully saturated rings. The number of ketones is 1. The van der Waals surface area contributed by atoms with Crippen molar-refractivity contribution in [2.75, 3.05) is 5.73 Å². The van der Waals surface area contributed by atoms with Crippen molar-refractivity contribution in [2.24, 2.45) is 0 Å². The maximum Gasteiger partial charge on any atom is 0.194 e. The summed E-state index contributed by atoms with van der Waals surface area (Å²) in [6, 6.07) is 10.0. The molecule has 4 heteroatoms. The van der Waals surface area contributed by atoms with Crippen LogP contribution in [0.15, 0.2) is 36.4 Å². The molecule has 0 aliphatic heterocycles. The molecular weight excluding hydrogens is 269 g/mol. The van der Waals surface area contributed by atoms with Crippen molar-refractivity contribution in [1.29, 1.82) is 0 Å². The number of carbonyl (C=O) groups excluding carboxylic acids is 1. The topological polar surface area (TPSA) is 43.1 Å². The van der Waals surface area contributed by atoms with E-state index in [2.05, 4.69) is 0 Å². The van der Waals surface area contributed by atoms with Gasteiger partial charge in [-0.15, -0.1) is 0 Å². The molecule has 0 unspecified atom stereocenters. The van der Waals surface area contributed by atoms with Gasteiger partial charge in [0.25, 0.3) is 0 Å². The van der Waals surface area contributed by atoms with Crippen LogP contribution < -0.4 is 5.73 Å². The Bertz CT molecular complexity index is 603. The van der Waals surface area contributed by atoms with E-state index in [4.69, 9.17) is 28.9 Å². The lowest BCUT2D eigenvalue weighted by Gasteiger charge is -2.06. The van der Waals surface area contributed by atoms with Gasteiger partial charge < -0.3 is 5.73 Å². The minimum Gasteiger partial charge on any atom is -0.399 e. The van der Waals surface area contributed by atoms with Gasteiger partial charge in [0.1, 0.15) is 0 Å². The minimum absolute atomic E-state index is 0.161. The van der Waals surface area contributed by atoms with Crippen LogP contribution in [-0.4, -0.2) is 5.78 Å². The number of hydrogen-bond acceptors (Lipinski definition) is 2. The second kappa shape index (κ2) is 5.01. The van der Waals surface area contributed by atoms with E-state index in [1.54, 1.807) is 36.4 Å². The van der Waals surface area contributed by atoms with E-state index < -0.39 is 0 Å². The van der Waals surface area contributed by atoms with Gasteiger partial charge in [0.05, 0.1) is 5.02 Å². The van der Waals surface area contributed by atoms with Crippen LogP contribution in [0, 0.1) is 6.92 Å². The number of halogens is 2. The summed E-state index contributed by atoms with van der Waals surface area (Å²) in [4.78, 5) is 12.3. The molecule has 18 heavy (non-hydrogen) atoms. The second-order valence-electron chi connectivity index (χ2n) is 4.09. The Labute approximate surface area is 115 Å². The van der Waals surface area contributed by atoms with Crippen molar-refractivity contribution in [1.82, 2.24) is 0 Å². The van der Waals surface area contributed by atoms with Gasteiger partial charge in [-0.3, -0.25) is 4.79 Å². The molecule has 0 saturated heterocycles. The molecule has 2 rings (SSSR count). The standard InChI is InChI=1S/C14H11Cl2NO/c1-8-4-9(6-10(15)5-8)14(18)12-3-2-11(17)7-13(12)16/h2-7H,17H2,1H3. The molecule has 2 aromatic rings. The average molecular weight is 280 g/mol. The maximum atomic E-state index is 12.3. The number of benzene rings is 2. The highest BCUT2D eigenvalue weighted by molar-refractivity contribution is 6.35. The van der Waals surface area contributed by atoms with Crippen molar-refractivity contribution in [2.45, 2.75) is 6.92 Å². The lowest BCUT2D eigenvalue weighted by atomic mass is 10.0. The second-order valence-corrected chi connectivity index (χ2v) is 4.93. The van der Waals surface area contributed by atoms with Crippen LogP contribution in [0.25, 0.3) is 0 Å². The molecule has 0 heterocycles. The van der Waals surface area contributed by atoms with Crippen molar-refractivity contribution in [3.63, 3.8) is 0 Å². The number of nitrogens with two attached hydrogens (primary N) is 1. The fourth-order valence-corrected chi connectivity index (χ4v) is 2.30. The first-order chi connectivity index (χ1) is 8.47. The zero-order chi connectivity index (χ0) is 13.3. The average Bonchev–Trinajstić information content (AvgIpc) is 2.26. The van der Waals surface area contributed by atoms with E-state index in [0.29, 0.717) is 26.9 Å². The predicted molar refractivity (Wildman–Crippen MR) is 75.5 cm³/mol. The Balaban J connectivity index is 2.47. The highest BCUT2D eigenvalue weighted by atomic mass is 35.5. The largest absolute Gasteiger partial charge is 0.399 e. The van der Waals surface area contributed by atoms with Crippen LogP contribution in [-0.2, 0) is 0 Å². The molecule has 0 aliphatic rings. The van der Waals surface area contributed by atoms with Gasteiger partial charge in [-0.05, 0) is 48.9 Å². The quantitative estimate of drug-likeness (QED) is 0.664. The first-order valence-corrected chi connectivity index (χ1v) is 6.10. The fourth-order valence-electron chi connectivity index (χ4n) is 1.74. The normalized spacial score (nSPS) is 10.4. The summed E-state index contributed by atoms with van der Waals surface area (Å²) in [6.45, 7) is 1.88. The Morgan fingerprint density at radius 2 is 1.83 bits per heavy atom. The fraction of sp³-hybridized carbons (Fsp3) is 0.0714.